The Kier molecular flexibility index (Phi) is 9.02. The van der Waals surface area contributed by atoms with Crippen molar-refractivity contribution in [3.63, 3.8) is 0 Å². The molecule has 3 aromatic heterocycles. The molecule has 2 atom stereocenters. The second kappa shape index (κ2) is 13.4. The number of β-amino-alcohol motifs (C(OH)–C–C–N with tert-alkyl or cyclic N) is 2. The lowest BCUT2D eigenvalue weighted by Crippen LogP contribution is -2.27. The number of methoxy groups -OCH3 is 1. The van der Waals surface area contributed by atoms with Gasteiger partial charge in [-0.2, -0.15) is 0 Å². The van der Waals surface area contributed by atoms with Crippen molar-refractivity contribution >= 4 is 28.8 Å². The molecule has 7 rings (SSSR count). The standard InChI is InChI=1S/C36H35Cl2N5O4/c1-47-35-23(18-41-13-11-25(44)20-41)8-9-31(40-35)30-7-3-6-29(34(30)38)28-5-2-4-27(33(28)37)22-10-15-43-32(16-22)39-17-24(36(43)46)19-42-14-12-26(45)21-42/h2-10,15-17,25-26,44-45H,11-14,18-21H2,1H3/t25-,26+/m1/s1. The zero-order valence-electron chi connectivity index (χ0n) is 25.9. The fourth-order valence-corrected chi connectivity index (χ4v) is 7.26. The van der Waals surface area contributed by atoms with E-state index in [0.29, 0.717) is 65.4 Å². The molecule has 9 nitrogen and oxygen atoms in total. The molecule has 5 heterocycles. The normalized spacial score (nSPS) is 18.7. The van der Waals surface area contributed by atoms with Gasteiger partial charge in [0.25, 0.3) is 5.56 Å². The number of aliphatic hydroxyl groups excluding tert-OH is 2. The number of ether oxygens (including phenoxy) is 1. The van der Waals surface area contributed by atoms with Crippen molar-refractivity contribution in [3.05, 3.63) is 105 Å². The molecule has 2 N–H and O–H groups in total. The summed E-state index contributed by atoms with van der Waals surface area (Å²) in [6.45, 7) is 3.89. The second-order valence-corrected chi connectivity index (χ2v) is 13.0. The van der Waals surface area contributed by atoms with E-state index < -0.39 is 0 Å². The van der Waals surface area contributed by atoms with Crippen molar-refractivity contribution < 1.29 is 14.9 Å². The number of likely N-dealkylation sites (tertiary alicyclic amines) is 2. The van der Waals surface area contributed by atoms with Crippen LogP contribution in [0.15, 0.2) is 77.9 Å². The van der Waals surface area contributed by atoms with Crippen LogP contribution < -0.4 is 10.3 Å². The maximum Gasteiger partial charge on any atom is 0.262 e. The average molecular weight is 673 g/mol. The van der Waals surface area contributed by atoms with Gasteiger partial charge in [0, 0.05) is 79.5 Å². The number of rotatable bonds is 8. The number of benzene rings is 2. The summed E-state index contributed by atoms with van der Waals surface area (Å²) in [4.78, 5) is 26.9. The van der Waals surface area contributed by atoms with Gasteiger partial charge in [-0.1, -0.05) is 65.7 Å². The SMILES string of the molecule is COc1nc(-c2cccc(-c3cccc(-c4ccn5c(=O)c(CN6CC[C@H](O)C6)cnc5c4)c3Cl)c2Cl)ccc1CN1CC[C@@H](O)C1. The zero-order chi connectivity index (χ0) is 32.7. The molecule has 0 spiro atoms. The molecule has 5 aromatic rings. The Balaban J connectivity index is 1.18. The molecule has 0 aliphatic carbocycles. The van der Waals surface area contributed by atoms with Gasteiger partial charge in [-0.05, 0) is 36.6 Å². The van der Waals surface area contributed by atoms with E-state index in [2.05, 4.69) is 14.8 Å². The lowest BCUT2D eigenvalue weighted by atomic mass is 9.97. The monoisotopic (exact) mass is 671 g/mol. The van der Waals surface area contributed by atoms with Crippen molar-refractivity contribution in [1.29, 1.82) is 0 Å². The summed E-state index contributed by atoms with van der Waals surface area (Å²) in [5.74, 6) is 0.524. The molecule has 2 aromatic carbocycles. The highest BCUT2D eigenvalue weighted by atomic mass is 35.5. The summed E-state index contributed by atoms with van der Waals surface area (Å²) in [5.41, 5.74) is 6.49. The molecule has 2 saturated heterocycles. The molecule has 0 radical (unpaired) electrons. The van der Waals surface area contributed by atoms with Crippen LogP contribution in [0.25, 0.3) is 39.2 Å². The molecule has 0 unspecified atom stereocenters. The minimum Gasteiger partial charge on any atom is -0.481 e. The Bertz CT molecular complexity index is 2020. The molecule has 242 valence electrons. The third-order valence-corrected chi connectivity index (χ3v) is 9.89. The van der Waals surface area contributed by atoms with Gasteiger partial charge < -0.3 is 14.9 Å². The first-order chi connectivity index (χ1) is 22.8. The van der Waals surface area contributed by atoms with E-state index in [1.54, 1.807) is 23.9 Å². The predicted molar refractivity (Wildman–Crippen MR) is 184 cm³/mol. The second-order valence-electron chi connectivity index (χ2n) is 12.3. The summed E-state index contributed by atoms with van der Waals surface area (Å²) >= 11 is 14.2. The van der Waals surface area contributed by atoms with Gasteiger partial charge in [-0.25, -0.2) is 9.97 Å². The van der Waals surface area contributed by atoms with Gasteiger partial charge in [-0.3, -0.25) is 19.0 Å². The summed E-state index contributed by atoms with van der Waals surface area (Å²) in [6.07, 6.45) is 4.20. The van der Waals surface area contributed by atoms with Gasteiger partial charge in [-0.15, -0.1) is 0 Å². The highest BCUT2D eigenvalue weighted by Gasteiger charge is 2.23. The summed E-state index contributed by atoms with van der Waals surface area (Å²) < 4.78 is 7.21. The number of nitrogens with zero attached hydrogens (tertiary/aromatic N) is 5. The summed E-state index contributed by atoms with van der Waals surface area (Å²) in [7, 11) is 1.61. The van der Waals surface area contributed by atoms with Gasteiger partial charge in [0.05, 0.1) is 40.6 Å². The first-order valence-corrected chi connectivity index (χ1v) is 16.5. The third kappa shape index (κ3) is 6.39. The van der Waals surface area contributed by atoms with E-state index in [1.807, 2.05) is 60.7 Å². The quantitative estimate of drug-likeness (QED) is 0.222. The number of hydrogen-bond acceptors (Lipinski definition) is 8. The molecule has 2 fully saturated rings. The van der Waals surface area contributed by atoms with E-state index in [4.69, 9.17) is 32.9 Å². The van der Waals surface area contributed by atoms with Crippen LogP contribution in [0.1, 0.15) is 24.0 Å². The Morgan fingerprint density at radius 2 is 1.45 bits per heavy atom. The van der Waals surface area contributed by atoms with E-state index in [9.17, 15) is 15.0 Å². The number of halogens is 2. The molecule has 11 heteroatoms. The van der Waals surface area contributed by atoms with Crippen molar-refractivity contribution in [1.82, 2.24) is 24.2 Å². The Morgan fingerprint density at radius 3 is 2.09 bits per heavy atom. The van der Waals surface area contributed by atoms with Crippen LogP contribution in [-0.4, -0.2) is 79.9 Å². The van der Waals surface area contributed by atoms with Crippen LogP contribution in [0.3, 0.4) is 0 Å². The molecule has 2 aliphatic heterocycles. The first-order valence-electron chi connectivity index (χ1n) is 15.7. The number of pyridine rings is 2. The molecule has 0 amide bonds. The molecular formula is C36H35Cl2N5O4. The van der Waals surface area contributed by atoms with Gasteiger partial charge in [0.2, 0.25) is 5.88 Å². The lowest BCUT2D eigenvalue weighted by Gasteiger charge is -2.18. The zero-order valence-corrected chi connectivity index (χ0v) is 27.5. The van der Waals surface area contributed by atoms with Crippen molar-refractivity contribution in [2.24, 2.45) is 0 Å². The Labute approximate surface area is 282 Å². The first kappa shape index (κ1) is 31.8. The Hall–Kier alpha value is -3.83. The van der Waals surface area contributed by atoms with Crippen molar-refractivity contribution in [2.75, 3.05) is 33.3 Å². The number of aliphatic hydroxyl groups is 2. The predicted octanol–water partition coefficient (Wildman–Crippen LogP) is 5.54. The smallest absolute Gasteiger partial charge is 0.262 e. The lowest BCUT2D eigenvalue weighted by molar-refractivity contribution is 0.174. The van der Waals surface area contributed by atoms with Crippen LogP contribution in [0, 0.1) is 0 Å². The summed E-state index contributed by atoms with van der Waals surface area (Å²) in [5, 5.41) is 20.8. The van der Waals surface area contributed by atoms with E-state index >= 15 is 0 Å². The minimum atomic E-state index is -0.347. The third-order valence-electron chi connectivity index (χ3n) is 9.07. The van der Waals surface area contributed by atoms with Crippen LogP contribution in [0.4, 0.5) is 0 Å². The largest absolute Gasteiger partial charge is 0.481 e. The van der Waals surface area contributed by atoms with Gasteiger partial charge >= 0.3 is 0 Å². The number of fused-ring (bicyclic) bond motifs is 1. The maximum atomic E-state index is 13.3. The molecular weight excluding hydrogens is 637 g/mol. The minimum absolute atomic E-state index is 0.125. The van der Waals surface area contributed by atoms with Crippen LogP contribution in [0.5, 0.6) is 5.88 Å². The number of aromatic nitrogens is 3. The van der Waals surface area contributed by atoms with Crippen molar-refractivity contribution in [2.45, 2.75) is 38.1 Å². The van der Waals surface area contributed by atoms with Crippen molar-refractivity contribution in [3.8, 4) is 39.4 Å². The van der Waals surface area contributed by atoms with E-state index in [-0.39, 0.29) is 17.8 Å². The topological polar surface area (TPSA) is 103 Å². The van der Waals surface area contributed by atoms with Crippen LogP contribution in [-0.2, 0) is 13.1 Å². The Morgan fingerprint density at radius 1 is 0.830 bits per heavy atom. The highest BCUT2D eigenvalue weighted by Crippen LogP contribution is 2.42. The molecule has 2 aliphatic rings. The van der Waals surface area contributed by atoms with Crippen LogP contribution in [0.2, 0.25) is 10.0 Å². The van der Waals surface area contributed by atoms with E-state index in [1.165, 1.54) is 0 Å². The van der Waals surface area contributed by atoms with Gasteiger partial charge in [0.15, 0.2) is 0 Å². The maximum absolute atomic E-state index is 13.3. The fraction of sp³-hybridized carbons (Fsp3) is 0.306. The average Bonchev–Trinajstić information content (AvgIpc) is 3.69. The number of hydrogen-bond donors (Lipinski definition) is 2. The highest BCUT2D eigenvalue weighted by molar-refractivity contribution is 6.39. The fourth-order valence-electron chi connectivity index (χ4n) is 6.60. The van der Waals surface area contributed by atoms with Gasteiger partial charge in [0.1, 0.15) is 5.65 Å². The molecule has 47 heavy (non-hydrogen) atoms. The molecule has 0 bridgehead atoms. The van der Waals surface area contributed by atoms with Crippen LogP contribution >= 0.6 is 23.2 Å². The van der Waals surface area contributed by atoms with E-state index in [0.717, 1.165) is 52.9 Å². The summed E-state index contributed by atoms with van der Waals surface area (Å²) in [6, 6.07) is 19.3. The molecule has 0 saturated carbocycles.